The lowest BCUT2D eigenvalue weighted by atomic mass is 10.1. The van der Waals surface area contributed by atoms with Gasteiger partial charge in [-0.25, -0.2) is 0 Å². The molecule has 2 N–H and O–H groups in total. The van der Waals surface area contributed by atoms with Crippen LogP contribution >= 0.6 is 0 Å². The van der Waals surface area contributed by atoms with Crippen molar-refractivity contribution in [1.29, 1.82) is 5.26 Å². The molecule has 0 aliphatic rings. The molecular weight excluding hydrogens is 294 g/mol. The number of nitrogens with one attached hydrogen (secondary N) is 2. The molecule has 114 valence electrons. The number of hydrogen-bond donors (Lipinski definition) is 2. The summed E-state index contributed by atoms with van der Waals surface area (Å²) in [5, 5.41) is 22.5. The van der Waals surface area contributed by atoms with Gasteiger partial charge in [0.05, 0.1) is 18.7 Å². The smallest absolute Gasteiger partial charge is 0.254 e. The van der Waals surface area contributed by atoms with Crippen molar-refractivity contribution >= 4 is 16.9 Å². The van der Waals surface area contributed by atoms with Crippen LogP contribution in [0.1, 0.15) is 22.0 Å². The zero-order valence-electron chi connectivity index (χ0n) is 12.3. The molecular formula is C16H13N5O2. The van der Waals surface area contributed by atoms with Crippen molar-refractivity contribution in [1.82, 2.24) is 20.7 Å². The topological polar surface area (TPSA) is 104 Å². The van der Waals surface area contributed by atoms with E-state index in [4.69, 9.17) is 4.74 Å². The van der Waals surface area contributed by atoms with Crippen molar-refractivity contribution in [2.24, 2.45) is 0 Å². The van der Waals surface area contributed by atoms with Gasteiger partial charge in [0.15, 0.2) is 0 Å². The van der Waals surface area contributed by atoms with Crippen LogP contribution in [0, 0.1) is 11.3 Å². The fraction of sp³-hybridized carbons (Fsp3) is 0.125. The molecule has 7 heteroatoms. The second-order valence-corrected chi connectivity index (χ2v) is 4.77. The maximum Gasteiger partial charge on any atom is 0.254 e. The van der Waals surface area contributed by atoms with E-state index in [1.165, 1.54) is 7.11 Å². The van der Waals surface area contributed by atoms with Gasteiger partial charge in [-0.05, 0) is 18.2 Å². The number of methoxy groups -OCH3 is 1. The van der Waals surface area contributed by atoms with Gasteiger partial charge in [-0.15, -0.1) is 0 Å². The standard InChI is InChI=1S/C16H13N5O2/c1-23-14-8-3-2-5-10(14)13(9-17)18-16(22)11-6-4-7-12-15(11)20-21-19-12/h2-8,13H,1H3,(H,18,22)(H,19,20,21)/t13-/m0/s1. The second-order valence-electron chi connectivity index (χ2n) is 4.77. The third-order valence-corrected chi connectivity index (χ3v) is 3.45. The highest BCUT2D eigenvalue weighted by molar-refractivity contribution is 6.04. The minimum Gasteiger partial charge on any atom is -0.496 e. The monoisotopic (exact) mass is 307 g/mol. The number of H-pyrrole nitrogens is 1. The van der Waals surface area contributed by atoms with Crippen molar-refractivity contribution < 1.29 is 9.53 Å². The molecule has 0 saturated carbocycles. The van der Waals surface area contributed by atoms with Gasteiger partial charge < -0.3 is 10.1 Å². The van der Waals surface area contributed by atoms with E-state index in [9.17, 15) is 10.1 Å². The number of nitriles is 1. The number of amides is 1. The number of carbonyl (C=O) groups excluding carboxylic acids is 1. The summed E-state index contributed by atoms with van der Waals surface area (Å²) in [4.78, 5) is 12.5. The molecule has 2 aromatic carbocycles. The summed E-state index contributed by atoms with van der Waals surface area (Å²) in [6.07, 6.45) is 0. The summed E-state index contributed by atoms with van der Waals surface area (Å²) in [6.45, 7) is 0. The highest BCUT2D eigenvalue weighted by atomic mass is 16.5. The van der Waals surface area contributed by atoms with Crippen LogP contribution in [-0.4, -0.2) is 28.4 Å². The van der Waals surface area contributed by atoms with Gasteiger partial charge in [-0.1, -0.05) is 24.3 Å². The van der Waals surface area contributed by atoms with Crippen LogP contribution in [-0.2, 0) is 0 Å². The lowest BCUT2D eigenvalue weighted by Crippen LogP contribution is -2.28. The second kappa shape index (κ2) is 6.15. The van der Waals surface area contributed by atoms with Gasteiger partial charge in [0.1, 0.15) is 22.8 Å². The van der Waals surface area contributed by atoms with E-state index in [1.807, 2.05) is 0 Å². The number of rotatable bonds is 4. The molecule has 0 saturated heterocycles. The molecule has 0 unspecified atom stereocenters. The largest absolute Gasteiger partial charge is 0.496 e. The molecule has 1 atom stereocenters. The van der Waals surface area contributed by atoms with E-state index in [-0.39, 0.29) is 0 Å². The number of hydrogen-bond acceptors (Lipinski definition) is 5. The van der Waals surface area contributed by atoms with Crippen LogP contribution in [0.2, 0.25) is 0 Å². The summed E-state index contributed by atoms with van der Waals surface area (Å²) in [7, 11) is 1.52. The van der Waals surface area contributed by atoms with Crippen LogP contribution in [0.15, 0.2) is 42.5 Å². The number of para-hydroxylation sites is 2. The van der Waals surface area contributed by atoms with Crippen LogP contribution < -0.4 is 10.1 Å². The molecule has 23 heavy (non-hydrogen) atoms. The third-order valence-electron chi connectivity index (χ3n) is 3.45. The number of carbonyl (C=O) groups is 1. The van der Waals surface area contributed by atoms with E-state index < -0.39 is 11.9 Å². The molecule has 0 aliphatic carbocycles. The van der Waals surface area contributed by atoms with Gasteiger partial charge in [-0.2, -0.15) is 20.7 Å². The third kappa shape index (κ3) is 2.70. The lowest BCUT2D eigenvalue weighted by molar-refractivity contribution is 0.0946. The van der Waals surface area contributed by atoms with Crippen LogP contribution in [0.25, 0.3) is 11.0 Å². The minimum atomic E-state index is -0.833. The number of aromatic nitrogens is 3. The average Bonchev–Trinajstić information content (AvgIpc) is 3.08. The molecule has 1 aromatic heterocycles. The summed E-state index contributed by atoms with van der Waals surface area (Å²) >= 11 is 0. The molecule has 0 aliphatic heterocycles. The Kier molecular flexibility index (Phi) is 3.89. The number of aromatic amines is 1. The Labute approximate surface area is 131 Å². The molecule has 7 nitrogen and oxygen atoms in total. The summed E-state index contributed by atoms with van der Waals surface area (Å²) < 4.78 is 5.24. The normalized spacial score (nSPS) is 11.7. The van der Waals surface area contributed by atoms with E-state index >= 15 is 0 Å². The molecule has 1 amide bonds. The predicted molar refractivity (Wildman–Crippen MR) is 82.7 cm³/mol. The Bertz CT molecular complexity index is 897. The maximum absolute atomic E-state index is 12.5. The summed E-state index contributed by atoms with van der Waals surface area (Å²) in [5.74, 6) is 0.140. The SMILES string of the molecule is COc1ccccc1[C@H](C#N)NC(=O)c1cccc2n[nH]nc12. The Hall–Kier alpha value is -3.40. The fourth-order valence-electron chi connectivity index (χ4n) is 2.34. The molecule has 3 rings (SSSR count). The number of benzene rings is 2. The van der Waals surface area contributed by atoms with E-state index in [1.54, 1.807) is 42.5 Å². The van der Waals surface area contributed by atoms with Crippen molar-refractivity contribution in [2.45, 2.75) is 6.04 Å². The van der Waals surface area contributed by atoms with Crippen molar-refractivity contribution in [3.63, 3.8) is 0 Å². The number of fused-ring (bicyclic) bond motifs is 1. The van der Waals surface area contributed by atoms with Crippen molar-refractivity contribution in [3.05, 3.63) is 53.6 Å². The van der Waals surface area contributed by atoms with Crippen LogP contribution in [0.4, 0.5) is 0 Å². The molecule has 1 heterocycles. The zero-order chi connectivity index (χ0) is 16.2. The van der Waals surface area contributed by atoms with Crippen molar-refractivity contribution in [2.75, 3.05) is 7.11 Å². The quantitative estimate of drug-likeness (QED) is 0.766. The zero-order valence-corrected chi connectivity index (χ0v) is 12.3. The Morgan fingerprint density at radius 2 is 2.09 bits per heavy atom. The number of nitrogens with zero attached hydrogens (tertiary/aromatic N) is 3. The summed E-state index contributed by atoms with van der Waals surface area (Å²) in [6, 6.07) is 13.4. The molecule has 0 fully saturated rings. The first-order valence-electron chi connectivity index (χ1n) is 6.87. The predicted octanol–water partition coefficient (Wildman–Crippen LogP) is 1.96. The van der Waals surface area contributed by atoms with Crippen molar-refractivity contribution in [3.8, 4) is 11.8 Å². The summed E-state index contributed by atoms with van der Waals surface area (Å²) in [5.41, 5.74) is 2.00. The first-order chi connectivity index (χ1) is 11.2. The minimum absolute atomic E-state index is 0.353. The fourth-order valence-corrected chi connectivity index (χ4v) is 2.34. The highest BCUT2D eigenvalue weighted by Crippen LogP contribution is 2.25. The lowest BCUT2D eigenvalue weighted by Gasteiger charge is -2.15. The van der Waals surface area contributed by atoms with E-state index in [2.05, 4.69) is 26.8 Å². The van der Waals surface area contributed by atoms with Gasteiger partial charge in [0, 0.05) is 5.56 Å². The van der Waals surface area contributed by atoms with Crippen LogP contribution in [0.3, 0.4) is 0 Å². The van der Waals surface area contributed by atoms with E-state index in [0.717, 1.165) is 0 Å². The molecule has 0 bridgehead atoms. The highest BCUT2D eigenvalue weighted by Gasteiger charge is 2.20. The molecule has 0 spiro atoms. The average molecular weight is 307 g/mol. The Morgan fingerprint density at radius 3 is 2.87 bits per heavy atom. The van der Waals surface area contributed by atoms with E-state index in [0.29, 0.717) is 27.9 Å². The molecule has 0 radical (unpaired) electrons. The van der Waals surface area contributed by atoms with Crippen LogP contribution in [0.5, 0.6) is 5.75 Å². The Balaban J connectivity index is 1.92. The van der Waals surface area contributed by atoms with Gasteiger partial charge in [0.2, 0.25) is 0 Å². The van der Waals surface area contributed by atoms with Gasteiger partial charge in [0.25, 0.3) is 5.91 Å². The Morgan fingerprint density at radius 1 is 1.26 bits per heavy atom. The first-order valence-corrected chi connectivity index (χ1v) is 6.87. The maximum atomic E-state index is 12.5. The number of ether oxygens (including phenoxy) is 1. The first kappa shape index (κ1) is 14.5. The molecule has 3 aromatic rings. The van der Waals surface area contributed by atoms with Gasteiger partial charge >= 0.3 is 0 Å². The van der Waals surface area contributed by atoms with Gasteiger partial charge in [-0.3, -0.25) is 4.79 Å².